The number of nitrogen functional groups attached to an aromatic ring is 1. The summed E-state index contributed by atoms with van der Waals surface area (Å²) in [5.74, 6) is 1.81. The molecule has 1 aliphatic rings. The summed E-state index contributed by atoms with van der Waals surface area (Å²) in [5, 5.41) is 2.12. The molecule has 3 N–H and O–H groups in total. The molecule has 3 aromatic heterocycles. The predicted molar refractivity (Wildman–Crippen MR) is 125 cm³/mol. The molecule has 4 rings (SSSR count). The zero-order valence-electron chi connectivity index (χ0n) is 17.2. The first kappa shape index (κ1) is 20.7. The summed E-state index contributed by atoms with van der Waals surface area (Å²) in [6.45, 7) is 4.26. The van der Waals surface area contributed by atoms with Crippen molar-refractivity contribution in [1.82, 2.24) is 19.3 Å². The Hall–Kier alpha value is -1.57. The number of hydrogen-bond donors (Lipinski definition) is 2. The summed E-state index contributed by atoms with van der Waals surface area (Å²) in [6, 6.07) is 4.25. The fourth-order valence-corrected chi connectivity index (χ4v) is 5.65. The number of nitrogens with one attached hydrogen (secondary N) is 1. The first-order chi connectivity index (χ1) is 14.3. The molecule has 7 heteroatoms. The van der Waals surface area contributed by atoms with Crippen LogP contribution < -0.4 is 10.5 Å². The Bertz CT molecular complexity index is 933. The summed E-state index contributed by atoms with van der Waals surface area (Å²) >= 11 is 3.52. The molecule has 29 heavy (non-hydrogen) atoms. The third-order valence-electron chi connectivity index (χ3n) is 5.60. The third kappa shape index (κ3) is 4.78. The van der Waals surface area contributed by atoms with Crippen molar-refractivity contribution in [3.63, 3.8) is 0 Å². The highest BCUT2D eigenvalue weighted by atomic mass is 32.2. The summed E-state index contributed by atoms with van der Waals surface area (Å²) in [5.41, 5.74) is 11.2. The van der Waals surface area contributed by atoms with Crippen molar-refractivity contribution >= 4 is 40.1 Å². The monoisotopic (exact) mass is 429 g/mol. The van der Waals surface area contributed by atoms with Crippen LogP contribution in [-0.2, 0) is 25.8 Å². The van der Waals surface area contributed by atoms with Crippen LogP contribution in [-0.4, -0.2) is 21.1 Å². The number of nitrogens with zero attached hydrogens (tertiary/aromatic N) is 3. The SMILES string of the molecule is CCCCc1nc2c(N)nc3c(c2n1CCCCNSc1cccs1)CCCC3. The lowest BCUT2D eigenvalue weighted by atomic mass is 9.95. The Morgan fingerprint density at radius 2 is 2.10 bits per heavy atom. The van der Waals surface area contributed by atoms with E-state index in [-0.39, 0.29) is 0 Å². The van der Waals surface area contributed by atoms with E-state index < -0.39 is 0 Å². The van der Waals surface area contributed by atoms with Crippen molar-refractivity contribution in [2.24, 2.45) is 0 Å². The quantitative estimate of drug-likeness (QED) is 0.335. The smallest absolute Gasteiger partial charge is 0.151 e. The van der Waals surface area contributed by atoms with Gasteiger partial charge in [0.1, 0.15) is 11.3 Å². The van der Waals surface area contributed by atoms with Crippen molar-refractivity contribution in [3.05, 3.63) is 34.6 Å². The average molecular weight is 430 g/mol. The Morgan fingerprint density at radius 1 is 1.21 bits per heavy atom. The van der Waals surface area contributed by atoms with Gasteiger partial charge in [-0.05, 0) is 73.9 Å². The lowest BCUT2D eigenvalue weighted by Gasteiger charge is -2.18. The number of hydrogen-bond acceptors (Lipinski definition) is 6. The first-order valence-electron chi connectivity index (χ1n) is 10.9. The second kappa shape index (κ2) is 9.96. The van der Waals surface area contributed by atoms with Crippen molar-refractivity contribution in [3.8, 4) is 0 Å². The molecule has 0 bridgehead atoms. The van der Waals surface area contributed by atoms with Gasteiger partial charge in [0.2, 0.25) is 0 Å². The van der Waals surface area contributed by atoms with Crippen molar-refractivity contribution in [2.45, 2.75) is 75.5 Å². The normalized spacial score (nSPS) is 13.8. The molecule has 0 radical (unpaired) electrons. The molecule has 5 nitrogen and oxygen atoms in total. The first-order valence-corrected chi connectivity index (χ1v) is 12.6. The third-order valence-corrected chi connectivity index (χ3v) is 7.49. The van der Waals surface area contributed by atoms with E-state index in [0.717, 1.165) is 57.1 Å². The second-order valence-corrected chi connectivity index (χ2v) is 9.88. The largest absolute Gasteiger partial charge is 0.382 e. The maximum Gasteiger partial charge on any atom is 0.151 e. The van der Waals surface area contributed by atoms with Gasteiger partial charge in [0.15, 0.2) is 5.82 Å². The Balaban J connectivity index is 1.49. The molecule has 0 aliphatic heterocycles. The molecule has 0 spiro atoms. The van der Waals surface area contributed by atoms with Gasteiger partial charge in [-0.3, -0.25) is 4.72 Å². The Labute approximate surface area is 181 Å². The second-order valence-electron chi connectivity index (χ2n) is 7.75. The summed E-state index contributed by atoms with van der Waals surface area (Å²) in [6.07, 6.45) is 10.3. The van der Waals surface area contributed by atoms with Gasteiger partial charge in [-0.1, -0.05) is 19.4 Å². The van der Waals surface area contributed by atoms with E-state index in [4.69, 9.17) is 15.7 Å². The van der Waals surface area contributed by atoms with Gasteiger partial charge >= 0.3 is 0 Å². The van der Waals surface area contributed by atoms with Crippen LogP contribution in [0.3, 0.4) is 0 Å². The molecular formula is C22H31N5S2. The zero-order chi connectivity index (χ0) is 20.1. The van der Waals surface area contributed by atoms with E-state index in [1.165, 1.54) is 46.1 Å². The van der Waals surface area contributed by atoms with Crippen LogP contribution in [0.1, 0.15) is 62.5 Å². The minimum absolute atomic E-state index is 0.617. The van der Waals surface area contributed by atoms with Crippen LogP contribution in [0.2, 0.25) is 0 Å². The Morgan fingerprint density at radius 3 is 2.93 bits per heavy atom. The topological polar surface area (TPSA) is 68.8 Å². The molecule has 156 valence electrons. The fraction of sp³-hybridized carbons (Fsp3) is 0.545. The number of aryl methyl sites for hydroxylation is 4. The van der Waals surface area contributed by atoms with Crippen LogP contribution in [0.5, 0.6) is 0 Å². The van der Waals surface area contributed by atoms with Gasteiger partial charge < -0.3 is 10.3 Å². The predicted octanol–water partition coefficient (Wildman–Crippen LogP) is 5.37. The van der Waals surface area contributed by atoms with E-state index in [1.54, 1.807) is 23.3 Å². The van der Waals surface area contributed by atoms with E-state index in [9.17, 15) is 0 Å². The number of fused-ring (bicyclic) bond motifs is 3. The van der Waals surface area contributed by atoms with Gasteiger partial charge in [-0.2, -0.15) is 0 Å². The van der Waals surface area contributed by atoms with Crippen LogP contribution in [0.4, 0.5) is 5.82 Å². The minimum atomic E-state index is 0.617. The number of nitrogens with two attached hydrogens (primary N) is 1. The van der Waals surface area contributed by atoms with E-state index >= 15 is 0 Å². The number of rotatable bonds is 10. The molecule has 0 aromatic carbocycles. The van der Waals surface area contributed by atoms with Crippen molar-refractivity contribution in [1.29, 1.82) is 0 Å². The van der Waals surface area contributed by atoms with E-state index in [0.29, 0.717) is 5.82 Å². The van der Waals surface area contributed by atoms with Crippen LogP contribution in [0.25, 0.3) is 11.0 Å². The molecule has 0 amide bonds. The number of pyridine rings is 1. The highest BCUT2D eigenvalue weighted by Gasteiger charge is 2.22. The molecule has 0 fully saturated rings. The summed E-state index contributed by atoms with van der Waals surface area (Å²) in [7, 11) is 0. The van der Waals surface area contributed by atoms with Crippen LogP contribution in [0.15, 0.2) is 21.7 Å². The highest BCUT2D eigenvalue weighted by molar-refractivity contribution is 7.99. The summed E-state index contributed by atoms with van der Waals surface area (Å²) in [4.78, 5) is 9.68. The van der Waals surface area contributed by atoms with Gasteiger partial charge in [-0.15, -0.1) is 11.3 Å². The molecular weight excluding hydrogens is 398 g/mol. The van der Waals surface area contributed by atoms with Gasteiger partial charge in [0, 0.05) is 25.2 Å². The summed E-state index contributed by atoms with van der Waals surface area (Å²) < 4.78 is 7.28. The number of imidazole rings is 1. The number of thiophene rings is 1. The van der Waals surface area contributed by atoms with Gasteiger partial charge in [-0.25, -0.2) is 9.97 Å². The maximum atomic E-state index is 6.33. The average Bonchev–Trinajstić information content (AvgIpc) is 3.37. The van der Waals surface area contributed by atoms with E-state index in [2.05, 4.69) is 33.7 Å². The molecule has 0 atom stereocenters. The molecule has 3 heterocycles. The molecule has 0 saturated carbocycles. The highest BCUT2D eigenvalue weighted by Crippen LogP contribution is 2.32. The number of anilines is 1. The molecule has 0 unspecified atom stereocenters. The van der Waals surface area contributed by atoms with E-state index in [1.807, 2.05) is 0 Å². The minimum Gasteiger partial charge on any atom is -0.382 e. The van der Waals surface area contributed by atoms with Crippen LogP contribution >= 0.6 is 23.3 Å². The van der Waals surface area contributed by atoms with Gasteiger partial charge in [0.05, 0.1) is 9.73 Å². The molecule has 1 aliphatic carbocycles. The van der Waals surface area contributed by atoms with Crippen molar-refractivity contribution in [2.75, 3.05) is 12.3 Å². The standard InChI is InChI=1S/C22H31N5S2/c1-2-3-11-18-26-20-21(16-9-4-5-10-17(16)25-22(20)23)27(18)14-7-6-13-24-29-19-12-8-15-28-19/h8,12,15,24H,2-7,9-11,13-14H2,1H3,(H2,23,25). The number of aromatic nitrogens is 3. The molecule has 0 saturated heterocycles. The number of unbranched alkanes of at least 4 members (excludes halogenated alkanes) is 2. The molecule has 3 aromatic rings. The maximum absolute atomic E-state index is 6.33. The lowest BCUT2D eigenvalue weighted by molar-refractivity contribution is 0.583. The lowest BCUT2D eigenvalue weighted by Crippen LogP contribution is -2.12. The fourth-order valence-electron chi connectivity index (χ4n) is 4.13. The Kier molecular flexibility index (Phi) is 7.11. The van der Waals surface area contributed by atoms with Crippen molar-refractivity contribution < 1.29 is 0 Å². The zero-order valence-corrected chi connectivity index (χ0v) is 18.9. The van der Waals surface area contributed by atoms with Gasteiger partial charge in [0.25, 0.3) is 0 Å². The van der Waals surface area contributed by atoms with Crippen LogP contribution in [0, 0.1) is 0 Å².